The molecule has 41 heavy (non-hydrogen) atoms. The van der Waals surface area contributed by atoms with Crippen molar-refractivity contribution in [2.24, 2.45) is 5.92 Å². The van der Waals surface area contributed by atoms with E-state index in [0.29, 0.717) is 41.6 Å². The lowest BCUT2D eigenvalue weighted by atomic mass is 10.00. The fourth-order valence-corrected chi connectivity index (χ4v) is 5.31. The molecule has 0 unspecified atom stereocenters. The number of nitrogens with one attached hydrogen (secondary N) is 1. The first-order valence-corrected chi connectivity index (χ1v) is 14.6. The third kappa shape index (κ3) is 7.61. The summed E-state index contributed by atoms with van der Waals surface area (Å²) in [5, 5.41) is 14.9. The van der Waals surface area contributed by atoms with Crippen molar-refractivity contribution in [1.29, 1.82) is 0 Å². The average molecular weight is 569 g/mol. The number of para-hydroxylation sites is 1. The highest BCUT2D eigenvalue weighted by molar-refractivity contribution is 7.12. The van der Waals surface area contributed by atoms with Gasteiger partial charge in [-0.3, -0.25) is 9.59 Å². The molecule has 1 atom stereocenters. The fourth-order valence-electron chi connectivity index (χ4n) is 4.61. The highest BCUT2D eigenvalue weighted by Gasteiger charge is 2.27. The zero-order valence-electron chi connectivity index (χ0n) is 22.6. The Kier molecular flexibility index (Phi) is 9.11. The highest BCUT2D eigenvalue weighted by Crippen LogP contribution is 2.30. The van der Waals surface area contributed by atoms with Crippen molar-refractivity contribution >= 4 is 34.7 Å². The summed E-state index contributed by atoms with van der Waals surface area (Å²) < 4.78 is 5.93. The molecule has 1 aromatic heterocycles. The van der Waals surface area contributed by atoms with Crippen LogP contribution in [0.3, 0.4) is 0 Å². The Morgan fingerprint density at radius 1 is 0.927 bits per heavy atom. The fraction of sp³-hybridized carbons (Fsp3) is 0.242. The topological polar surface area (TPSA) is 95.9 Å². The van der Waals surface area contributed by atoms with Crippen LogP contribution in [0.5, 0.6) is 5.75 Å². The van der Waals surface area contributed by atoms with Gasteiger partial charge in [-0.25, -0.2) is 4.79 Å². The molecule has 0 aliphatic heterocycles. The van der Waals surface area contributed by atoms with E-state index in [1.165, 1.54) is 11.3 Å². The largest absolute Gasteiger partial charge is 0.492 e. The molecule has 1 fully saturated rings. The van der Waals surface area contributed by atoms with Gasteiger partial charge in [0.25, 0.3) is 5.91 Å². The first-order valence-electron chi connectivity index (χ1n) is 13.7. The maximum atomic E-state index is 13.1. The maximum absolute atomic E-state index is 13.1. The number of amides is 1. The number of carboxylic acid groups (broad SMARTS) is 1. The number of ether oxygens (including phenoxy) is 1. The van der Waals surface area contributed by atoms with Gasteiger partial charge in [0.15, 0.2) is 5.78 Å². The average Bonchev–Trinajstić information content (AvgIpc) is 3.65. The van der Waals surface area contributed by atoms with Gasteiger partial charge in [-0.15, -0.1) is 11.3 Å². The predicted molar refractivity (Wildman–Crippen MR) is 160 cm³/mol. The molecule has 1 heterocycles. The van der Waals surface area contributed by atoms with Gasteiger partial charge in [-0.2, -0.15) is 0 Å². The van der Waals surface area contributed by atoms with Crippen molar-refractivity contribution < 1.29 is 24.2 Å². The molecule has 7 nitrogen and oxygen atoms in total. The standard InChI is InChI=1S/C33H32N2O5S/c36-31(25-7-2-1-3-8-25)27-9-4-5-10-28(27)34-29(33(38)39)21-23-14-16-26(17-15-23)40-19-18-35(22-24-12-13-24)32(37)30-11-6-20-41-30/h1-11,14-17,20,24,29,34H,12-13,18-19,21-22H2,(H,38,39)/t29-/m0/s1. The molecule has 2 N–H and O–H groups in total. The zero-order valence-corrected chi connectivity index (χ0v) is 23.4. The van der Waals surface area contributed by atoms with E-state index in [4.69, 9.17) is 4.74 Å². The summed E-state index contributed by atoms with van der Waals surface area (Å²) >= 11 is 1.45. The Bertz CT molecular complexity index is 1470. The lowest BCUT2D eigenvalue weighted by Gasteiger charge is -2.22. The van der Waals surface area contributed by atoms with E-state index < -0.39 is 12.0 Å². The second-order valence-corrected chi connectivity index (χ2v) is 11.1. The first kappa shape index (κ1) is 28.1. The SMILES string of the molecule is O=C(c1ccccc1)c1ccccc1N[C@@H](Cc1ccc(OCCN(CC2CC2)C(=O)c2cccs2)cc1)C(=O)O. The van der Waals surface area contributed by atoms with Crippen molar-refractivity contribution in [3.05, 3.63) is 118 Å². The third-order valence-electron chi connectivity index (χ3n) is 7.02. The normalized spacial score (nSPS) is 13.3. The van der Waals surface area contributed by atoms with Crippen molar-refractivity contribution in [2.75, 3.05) is 25.0 Å². The van der Waals surface area contributed by atoms with Gasteiger partial charge in [0.05, 0.1) is 11.4 Å². The Labute approximate surface area is 243 Å². The summed E-state index contributed by atoms with van der Waals surface area (Å²) in [6.45, 7) is 1.62. The Balaban J connectivity index is 1.18. The lowest BCUT2D eigenvalue weighted by molar-refractivity contribution is -0.137. The second-order valence-electron chi connectivity index (χ2n) is 10.1. The Morgan fingerprint density at radius 2 is 1.66 bits per heavy atom. The number of benzene rings is 3. The van der Waals surface area contributed by atoms with Gasteiger partial charge >= 0.3 is 5.97 Å². The molecule has 8 heteroatoms. The van der Waals surface area contributed by atoms with E-state index in [1.54, 1.807) is 48.5 Å². The monoisotopic (exact) mass is 568 g/mol. The van der Waals surface area contributed by atoms with Crippen molar-refractivity contribution in [3.8, 4) is 5.75 Å². The number of hydrogen-bond donors (Lipinski definition) is 2. The number of carboxylic acids is 1. The van der Waals surface area contributed by atoms with Gasteiger partial charge in [-0.05, 0) is 60.0 Å². The smallest absolute Gasteiger partial charge is 0.326 e. The number of carbonyl (C=O) groups is 3. The Hall–Kier alpha value is -4.43. The molecule has 0 radical (unpaired) electrons. The number of aliphatic carboxylic acids is 1. The van der Waals surface area contributed by atoms with Crippen LogP contribution in [-0.2, 0) is 11.2 Å². The minimum atomic E-state index is -1.02. The number of nitrogens with zero attached hydrogens (tertiary/aromatic N) is 1. The second kappa shape index (κ2) is 13.3. The van der Waals surface area contributed by atoms with E-state index in [2.05, 4.69) is 5.32 Å². The van der Waals surface area contributed by atoms with Crippen LogP contribution in [0.25, 0.3) is 0 Å². The van der Waals surface area contributed by atoms with Gasteiger partial charge in [0.1, 0.15) is 18.4 Å². The van der Waals surface area contributed by atoms with Crippen LogP contribution in [-0.4, -0.2) is 53.4 Å². The lowest BCUT2D eigenvalue weighted by Crippen LogP contribution is -2.35. The van der Waals surface area contributed by atoms with Crippen molar-refractivity contribution in [3.63, 3.8) is 0 Å². The number of anilines is 1. The number of carbonyl (C=O) groups excluding carboxylic acids is 2. The molecule has 0 saturated heterocycles. The van der Waals surface area contributed by atoms with Crippen LogP contribution >= 0.6 is 11.3 Å². The van der Waals surface area contributed by atoms with Crippen LogP contribution in [0.1, 0.15) is 44.0 Å². The maximum Gasteiger partial charge on any atom is 0.326 e. The molecule has 0 bridgehead atoms. The van der Waals surface area contributed by atoms with Crippen LogP contribution in [0.15, 0.2) is 96.4 Å². The molecule has 3 aromatic carbocycles. The van der Waals surface area contributed by atoms with E-state index in [0.717, 1.165) is 29.8 Å². The molecule has 0 spiro atoms. The molecule has 4 aromatic rings. The van der Waals surface area contributed by atoms with Crippen molar-refractivity contribution in [1.82, 2.24) is 4.90 Å². The number of ketones is 1. The molecule has 1 aliphatic carbocycles. The van der Waals surface area contributed by atoms with Gasteiger partial charge in [0.2, 0.25) is 0 Å². The highest BCUT2D eigenvalue weighted by atomic mass is 32.1. The molecule has 1 aliphatic rings. The molecule has 210 valence electrons. The van der Waals surface area contributed by atoms with E-state index in [1.807, 2.05) is 52.7 Å². The van der Waals surface area contributed by atoms with Crippen LogP contribution in [0, 0.1) is 5.92 Å². The van der Waals surface area contributed by atoms with E-state index >= 15 is 0 Å². The quantitative estimate of drug-likeness (QED) is 0.181. The summed E-state index contributed by atoms with van der Waals surface area (Å²) in [5.41, 5.74) is 2.24. The summed E-state index contributed by atoms with van der Waals surface area (Å²) in [6, 6.07) is 26.0. The van der Waals surface area contributed by atoms with E-state index in [9.17, 15) is 19.5 Å². The number of thiophene rings is 1. The molecular formula is C33H32N2O5S. The van der Waals surface area contributed by atoms with Gasteiger partial charge < -0.3 is 20.1 Å². The van der Waals surface area contributed by atoms with Crippen LogP contribution in [0.2, 0.25) is 0 Å². The van der Waals surface area contributed by atoms with Gasteiger partial charge in [-0.1, -0.05) is 60.7 Å². The summed E-state index contributed by atoms with van der Waals surface area (Å²) in [7, 11) is 0. The number of hydrogen-bond acceptors (Lipinski definition) is 6. The number of rotatable bonds is 14. The van der Waals surface area contributed by atoms with Crippen molar-refractivity contribution in [2.45, 2.75) is 25.3 Å². The van der Waals surface area contributed by atoms with Crippen LogP contribution < -0.4 is 10.1 Å². The van der Waals surface area contributed by atoms with E-state index in [-0.39, 0.29) is 18.1 Å². The third-order valence-corrected chi connectivity index (χ3v) is 7.88. The first-order chi connectivity index (χ1) is 20.0. The minimum Gasteiger partial charge on any atom is -0.492 e. The summed E-state index contributed by atoms with van der Waals surface area (Å²) in [6.07, 6.45) is 2.54. The molecular weight excluding hydrogens is 536 g/mol. The predicted octanol–water partition coefficient (Wildman–Crippen LogP) is 6.02. The summed E-state index contributed by atoms with van der Waals surface area (Å²) in [5.74, 6) is 0.0930. The minimum absolute atomic E-state index is 0.0464. The van der Waals surface area contributed by atoms with Gasteiger partial charge in [0, 0.05) is 29.8 Å². The zero-order chi connectivity index (χ0) is 28.6. The molecule has 1 amide bonds. The Morgan fingerprint density at radius 3 is 2.34 bits per heavy atom. The molecule has 1 saturated carbocycles. The molecule has 5 rings (SSSR count). The summed E-state index contributed by atoms with van der Waals surface area (Å²) in [4.78, 5) is 40.7. The van der Waals surface area contributed by atoms with Crippen LogP contribution in [0.4, 0.5) is 5.69 Å².